The van der Waals surface area contributed by atoms with Gasteiger partial charge in [-0.15, -0.1) is 0 Å². The Labute approximate surface area is 157 Å². The molecule has 26 heavy (non-hydrogen) atoms. The standard InChI is InChI=1S/C22H30N2O2/c1-6-17-9-8-10-18(7-2)22(17)23-21(25)15-24(4)14-19-13-16(3)11-12-20(19)26-5/h8-13H,6-7,14-15H2,1-5H3,(H,23,25). The van der Waals surface area contributed by atoms with Crippen molar-refractivity contribution in [1.29, 1.82) is 0 Å². The molecule has 0 aliphatic carbocycles. The predicted octanol–water partition coefficient (Wildman–Crippen LogP) is 4.20. The maximum absolute atomic E-state index is 12.6. The molecular weight excluding hydrogens is 324 g/mol. The van der Waals surface area contributed by atoms with Gasteiger partial charge in [-0.05, 0) is 44.0 Å². The van der Waals surface area contributed by atoms with Crippen molar-refractivity contribution in [2.24, 2.45) is 0 Å². The Hall–Kier alpha value is -2.33. The van der Waals surface area contributed by atoms with Crippen molar-refractivity contribution in [2.45, 2.75) is 40.2 Å². The van der Waals surface area contributed by atoms with Crippen molar-refractivity contribution in [1.82, 2.24) is 4.90 Å². The summed E-state index contributed by atoms with van der Waals surface area (Å²) in [7, 11) is 3.63. The molecule has 0 bridgehead atoms. The highest BCUT2D eigenvalue weighted by atomic mass is 16.5. The minimum atomic E-state index is 0.00900. The van der Waals surface area contributed by atoms with Crippen LogP contribution < -0.4 is 10.1 Å². The van der Waals surface area contributed by atoms with E-state index < -0.39 is 0 Å². The number of hydrogen-bond acceptors (Lipinski definition) is 3. The average molecular weight is 354 g/mol. The molecule has 140 valence electrons. The van der Waals surface area contributed by atoms with E-state index in [-0.39, 0.29) is 5.91 Å². The zero-order chi connectivity index (χ0) is 19.1. The van der Waals surface area contributed by atoms with Crippen LogP contribution in [-0.4, -0.2) is 31.5 Å². The molecule has 0 aliphatic rings. The molecule has 0 saturated carbocycles. The molecule has 2 aromatic carbocycles. The zero-order valence-corrected chi connectivity index (χ0v) is 16.6. The van der Waals surface area contributed by atoms with Gasteiger partial charge in [0.2, 0.25) is 5.91 Å². The summed E-state index contributed by atoms with van der Waals surface area (Å²) in [5.74, 6) is 0.863. The van der Waals surface area contributed by atoms with Crippen molar-refractivity contribution < 1.29 is 9.53 Å². The minimum Gasteiger partial charge on any atom is -0.496 e. The summed E-state index contributed by atoms with van der Waals surface area (Å²) >= 11 is 0. The van der Waals surface area contributed by atoms with E-state index in [1.54, 1.807) is 7.11 Å². The Morgan fingerprint density at radius 3 is 2.31 bits per heavy atom. The molecule has 1 N–H and O–H groups in total. The first-order valence-electron chi connectivity index (χ1n) is 9.21. The first-order chi connectivity index (χ1) is 12.5. The van der Waals surface area contributed by atoms with Gasteiger partial charge >= 0.3 is 0 Å². The van der Waals surface area contributed by atoms with Gasteiger partial charge in [0.1, 0.15) is 5.75 Å². The molecule has 0 spiro atoms. The normalized spacial score (nSPS) is 10.8. The number of ether oxygens (including phenoxy) is 1. The van der Waals surface area contributed by atoms with E-state index in [0.717, 1.165) is 29.8 Å². The Balaban J connectivity index is 2.06. The number of methoxy groups -OCH3 is 1. The lowest BCUT2D eigenvalue weighted by atomic mass is 10.0. The fourth-order valence-corrected chi connectivity index (χ4v) is 3.20. The molecule has 0 heterocycles. The van der Waals surface area contributed by atoms with Gasteiger partial charge in [0.15, 0.2) is 0 Å². The van der Waals surface area contributed by atoms with Crippen LogP contribution in [0, 0.1) is 6.92 Å². The monoisotopic (exact) mass is 354 g/mol. The highest BCUT2D eigenvalue weighted by Gasteiger charge is 2.13. The summed E-state index contributed by atoms with van der Waals surface area (Å²) in [6, 6.07) is 12.3. The van der Waals surface area contributed by atoms with Crippen LogP contribution in [0.2, 0.25) is 0 Å². The van der Waals surface area contributed by atoms with Crippen molar-refractivity contribution in [2.75, 3.05) is 26.0 Å². The molecule has 4 heteroatoms. The third-order valence-corrected chi connectivity index (χ3v) is 4.55. The zero-order valence-electron chi connectivity index (χ0n) is 16.6. The topological polar surface area (TPSA) is 41.6 Å². The van der Waals surface area contributed by atoms with E-state index in [2.05, 4.69) is 50.4 Å². The van der Waals surface area contributed by atoms with Crippen LogP contribution in [0.3, 0.4) is 0 Å². The molecule has 0 aromatic heterocycles. The van der Waals surface area contributed by atoms with Gasteiger partial charge in [-0.25, -0.2) is 0 Å². The molecule has 0 saturated heterocycles. The molecule has 0 unspecified atom stereocenters. The van der Waals surface area contributed by atoms with E-state index in [1.165, 1.54) is 16.7 Å². The number of benzene rings is 2. The van der Waals surface area contributed by atoms with Crippen LogP contribution in [0.5, 0.6) is 5.75 Å². The SMILES string of the molecule is CCc1cccc(CC)c1NC(=O)CN(C)Cc1cc(C)ccc1OC. The lowest BCUT2D eigenvalue weighted by Crippen LogP contribution is -2.30. The Morgan fingerprint density at radius 2 is 1.73 bits per heavy atom. The van der Waals surface area contributed by atoms with Gasteiger partial charge in [-0.1, -0.05) is 49.7 Å². The number of hydrogen-bond donors (Lipinski definition) is 1. The summed E-state index contributed by atoms with van der Waals surface area (Å²) in [4.78, 5) is 14.6. The average Bonchev–Trinajstić information content (AvgIpc) is 2.61. The fraction of sp³-hybridized carbons (Fsp3) is 0.409. The summed E-state index contributed by atoms with van der Waals surface area (Å²) in [5.41, 5.74) is 5.61. The number of rotatable bonds is 8. The quantitative estimate of drug-likeness (QED) is 0.772. The second kappa shape index (κ2) is 9.39. The van der Waals surface area contributed by atoms with Crippen molar-refractivity contribution in [3.8, 4) is 5.75 Å². The first kappa shape index (κ1) is 20.0. The van der Waals surface area contributed by atoms with Gasteiger partial charge in [0, 0.05) is 17.8 Å². The summed E-state index contributed by atoms with van der Waals surface area (Å²) < 4.78 is 5.44. The minimum absolute atomic E-state index is 0.00900. The van der Waals surface area contributed by atoms with Gasteiger partial charge in [0.05, 0.1) is 13.7 Å². The van der Waals surface area contributed by atoms with Crippen LogP contribution in [-0.2, 0) is 24.2 Å². The van der Waals surface area contributed by atoms with Crippen LogP contribution in [0.25, 0.3) is 0 Å². The molecular formula is C22H30N2O2. The summed E-state index contributed by atoms with van der Waals surface area (Å²) in [6.45, 7) is 7.28. The number of para-hydroxylation sites is 1. The van der Waals surface area contributed by atoms with Crippen molar-refractivity contribution in [3.05, 3.63) is 58.7 Å². The molecule has 0 atom stereocenters. The van der Waals surface area contributed by atoms with Crippen LogP contribution >= 0.6 is 0 Å². The van der Waals surface area contributed by atoms with Crippen LogP contribution in [0.15, 0.2) is 36.4 Å². The summed E-state index contributed by atoms with van der Waals surface area (Å²) in [6.07, 6.45) is 1.81. The van der Waals surface area contributed by atoms with E-state index in [9.17, 15) is 4.79 Å². The molecule has 4 nitrogen and oxygen atoms in total. The Kier molecular flexibility index (Phi) is 7.22. The van der Waals surface area contributed by atoms with Crippen molar-refractivity contribution >= 4 is 11.6 Å². The number of carbonyl (C=O) groups is 1. The number of amides is 1. The van der Waals surface area contributed by atoms with Gasteiger partial charge in [-0.2, -0.15) is 0 Å². The third-order valence-electron chi connectivity index (χ3n) is 4.55. The van der Waals surface area contributed by atoms with Gasteiger partial charge in [0.25, 0.3) is 0 Å². The number of nitrogens with one attached hydrogen (secondary N) is 1. The van der Waals surface area contributed by atoms with Gasteiger partial charge in [-0.3, -0.25) is 9.69 Å². The lowest BCUT2D eigenvalue weighted by molar-refractivity contribution is -0.117. The van der Waals surface area contributed by atoms with E-state index in [0.29, 0.717) is 13.1 Å². The molecule has 0 radical (unpaired) electrons. The number of likely N-dealkylation sites (N-methyl/N-ethyl adjacent to an activating group) is 1. The largest absolute Gasteiger partial charge is 0.496 e. The number of carbonyl (C=O) groups excluding carboxylic acids is 1. The first-order valence-corrected chi connectivity index (χ1v) is 9.21. The van der Waals surface area contributed by atoms with E-state index in [1.807, 2.05) is 24.1 Å². The molecule has 0 aliphatic heterocycles. The second-order valence-electron chi connectivity index (χ2n) is 6.69. The third kappa shape index (κ3) is 5.09. The fourth-order valence-electron chi connectivity index (χ4n) is 3.20. The predicted molar refractivity (Wildman–Crippen MR) is 108 cm³/mol. The van der Waals surface area contributed by atoms with Crippen LogP contribution in [0.4, 0.5) is 5.69 Å². The Morgan fingerprint density at radius 1 is 1.08 bits per heavy atom. The molecule has 2 aromatic rings. The van der Waals surface area contributed by atoms with E-state index in [4.69, 9.17) is 4.74 Å². The maximum atomic E-state index is 12.6. The smallest absolute Gasteiger partial charge is 0.238 e. The van der Waals surface area contributed by atoms with Crippen molar-refractivity contribution in [3.63, 3.8) is 0 Å². The van der Waals surface area contributed by atoms with Gasteiger partial charge < -0.3 is 10.1 Å². The second-order valence-corrected chi connectivity index (χ2v) is 6.69. The number of nitrogens with zero attached hydrogens (tertiary/aromatic N) is 1. The summed E-state index contributed by atoms with van der Waals surface area (Å²) in [5, 5.41) is 3.13. The number of anilines is 1. The maximum Gasteiger partial charge on any atom is 0.238 e. The number of aryl methyl sites for hydroxylation is 3. The Bertz CT molecular complexity index is 734. The van der Waals surface area contributed by atoms with Crippen LogP contribution in [0.1, 0.15) is 36.1 Å². The van der Waals surface area contributed by atoms with E-state index >= 15 is 0 Å². The molecule has 2 rings (SSSR count). The molecule has 1 amide bonds. The highest BCUT2D eigenvalue weighted by Crippen LogP contribution is 2.23. The molecule has 0 fully saturated rings. The highest BCUT2D eigenvalue weighted by molar-refractivity contribution is 5.93. The lowest BCUT2D eigenvalue weighted by Gasteiger charge is -2.20.